The van der Waals surface area contributed by atoms with E-state index in [-0.39, 0.29) is 6.03 Å². The van der Waals surface area contributed by atoms with Gasteiger partial charge in [0.25, 0.3) is 0 Å². The number of piperidine rings is 1. The average molecular weight is 435 g/mol. The molecule has 32 heavy (non-hydrogen) atoms. The predicted molar refractivity (Wildman–Crippen MR) is 129 cm³/mol. The van der Waals surface area contributed by atoms with E-state index >= 15 is 0 Å². The van der Waals surface area contributed by atoms with Gasteiger partial charge >= 0.3 is 6.03 Å². The van der Waals surface area contributed by atoms with Crippen LogP contribution < -0.4 is 15.4 Å². The quantitative estimate of drug-likeness (QED) is 0.497. The fourth-order valence-corrected chi connectivity index (χ4v) is 4.46. The molecule has 2 heterocycles. The van der Waals surface area contributed by atoms with Crippen molar-refractivity contribution in [1.29, 1.82) is 0 Å². The number of H-pyrrole nitrogens is 1. The summed E-state index contributed by atoms with van der Waals surface area (Å²) in [6.45, 7) is 6.58. The largest absolute Gasteiger partial charge is 0.497 e. The van der Waals surface area contributed by atoms with E-state index in [2.05, 4.69) is 57.8 Å². The maximum Gasteiger partial charge on any atom is 0.314 e. The van der Waals surface area contributed by atoms with E-state index in [1.807, 2.05) is 18.3 Å². The van der Waals surface area contributed by atoms with Gasteiger partial charge in [-0.3, -0.25) is 4.90 Å². The van der Waals surface area contributed by atoms with Crippen molar-refractivity contribution in [3.05, 3.63) is 65.4 Å². The zero-order chi connectivity index (χ0) is 22.3. The lowest BCUT2D eigenvalue weighted by Gasteiger charge is -2.32. The van der Waals surface area contributed by atoms with E-state index < -0.39 is 0 Å². The van der Waals surface area contributed by atoms with Crippen LogP contribution in [0.3, 0.4) is 0 Å². The van der Waals surface area contributed by atoms with Gasteiger partial charge in [-0.1, -0.05) is 24.3 Å². The lowest BCUT2D eigenvalue weighted by molar-refractivity contribution is 0.175. The number of methoxy groups -OCH3 is 1. The molecule has 1 fully saturated rings. The molecule has 0 saturated carbocycles. The van der Waals surface area contributed by atoms with Crippen molar-refractivity contribution in [1.82, 2.24) is 20.5 Å². The van der Waals surface area contributed by atoms with Gasteiger partial charge in [-0.2, -0.15) is 0 Å². The lowest BCUT2D eigenvalue weighted by Crippen LogP contribution is -2.42. The number of carbonyl (C=O) groups is 1. The molecule has 3 N–H and O–H groups in total. The first-order chi connectivity index (χ1) is 15.6. The molecule has 0 atom stereocenters. The fraction of sp³-hybridized carbons (Fsp3) is 0.423. The van der Waals surface area contributed by atoms with E-state index in [9.17, 15) is 4.79 Å². The number of likely N-dealkylation sites (tertiary alicyclic amines) is 1. The van der Waals surface area contributed by atoms with Gasteiger partial charge in [-0.15, -0.1) is 0 Å². The van der Waals surface area contributed by atoms with E-state index in [4.69, 9.17) is 4.74 Å². The number of urea groups is 1. The van der Waals surface area contributed by atoms with Gasteiger partial charge in [-0.05, 0) is 80.1 Å². The Morgan fingerprint density at radius 1 is 1.12 bits per heavy atom. The molecule has 0 spiro atoms. The van der Waals surface area contributed by atoms with Crippen LogP contribution in [0.1, 0.15) is 29.5 Å². The van der Waals surface area contributed by atoms with Crippen LogP contribution in [-0.4, -0.2) is 49.2 Å². The monoisotopic (exact) mass is 434 g/mol. The number of hydrogen-bond donors (Lipinski definition) is 3. The number of benzene rings is 2. The van der Waals surface area contributed by atoms with Crippen LogP contribution in [0.4, 0.5) is 4.79 Å². The van der Waals surface area contributed by atoms with Crippen molar-refractivity contribution in [2.75, 3.05) is 33.3 Å². The van der Waals surface area contributed by atoms with Crippen molar-refractivity contribution >= 4 is 16.9 Å². The second-order valence-corrected chi connectivity index (χ2v) is 8.82. The van der Waals surface area contributed by atoms with E-state index in [1.165, 1.54) is 22.1 Å². The maximum atomic E-state index is 12.2. The summed E-state index contributed by atoms with van der Waals surface area (Å²) in [6.07, 6.45) is 5.10. The second kappa shape index (κ2) is 10.6. The standard InChI is InChI=1S/C26H34N4O2/c1-19-3-8-24-22(17-28-25(24)15-19)9-12-27-26(31)29-16-20-10-13-30(14-11-20)18-21-4-6-23(32-2)7-5-21/h3-8,15,17,20,28H,9-14,16,18H2,1-2H3,(H2,27,29,31). The Kier molecular flexibility index (Phi) is 7.32. The topological polar surface area (TPSA) is 69.4 Å². The van der Waals surface area contributed by atoms with Crippen molar-refractivity contribution in [3.63, 3.8) is 0 Å². The number of carbonyl (C=O) groups excluding carboxylic acids is 1. The van der Waals surface area contributed by atoms with Crippen LogP contribution in [0.2, 0.25) is 0 Å². The Balaban J connectivity index is 1.13. The first-order valence-electron chi connectivity index (χ1n) is 11.5. The third-order valence-corrected chi connectivity index (χ3v) is 6.43. The third-order valence-electron chi connectivity index (χ3n) is 6.43. The number of ether oxygens (including phenoxy) is 1. The van der Waals surface area contributed by atoms with Crippen molar-refractivity contribution < 1.29 is 9.53 Å². The highest BCUT2D eigenvalue weighted by Crippen LogP contribution is 2.21. The highest BCUT2D eigenvalue weighted by Gasteiger charge is 2.19. The Labute approximate surface area is 190 Å². The van der Waals surface area contributed by atoms with E-state index in [0.29, 0.717) is 12.5 Å². The highest BCUT2D eigenvalue weighted by atomic mass is 16.5. The van der Waals surface area contributed by atoms with Crippen LogP contribution in [0.25, 0.3) is 10.9 Å². The number of amides is 2. The number of nitrogens with one attached hydrogen (secondary N) is 3. The molecule has 0 unspecified atom stereocenters. The molecule has 0 aliphatic carbocycles. The molecule has 1 saturated heterocycles. The SMILES string of the molecule is COc1ccc(CN2CCC(CNC(=O)NCCc3c[nH]c4cc(C)ccc34)CC2)cc1. The predicted octanol–water partition coefficient (Wildman–Crippen LogP) is 4.24. The van der Waals surface area contributed by atoms with Gasteiger partial charge in [0.15, 0.2) is 0 Å². The Morgan fingerprint density at radius 3 is 2.66 bits per heavy atom. The molecule has 0 bridgehead atoms. The minimum Gasteiger partial charge on any atom is -0.497 e. The first kappa shape index (κ1) is 22.2. The summed E-state index contributed by atoms with van der Waals surface area (Å²) in [5, 5.41) is 7.30. The maximum absolute atomic E-state index is 12.2. The van der Waals surface area contributed by atoms with Crippen LogP contribution in [0.5, 0.6) is 5.75 Å². The summed E-state index contributed by atoms with van der Waals surface area (Å²) in [4.78, 5) is 18.0. The third kappa shape index (κ3) is 5.82. The summed E-state index contributed by atoms with van der Waals surface area (Å²) in [7, 11) is 1.69. The normalized spacial score (nSPS) is 15.1. The molecule has 1 aliphatic heterocycles. The molecule has 1 aliphatic rings. The Bertz CT molecular complexity index is 1020. The molecule has 0 radical (unpaired) electrons. The Morgan fingerprint density at radius 2 is 1.91 bits per heavy atom. The minimum atomic E-state index is -0.0682. The number of aryl methyl sites for hydroxylation is 1. The molecule has 2 aromatic carbocycles. The number of hydrogen-bond acceptors (Lipinski definition) is 3. The zero-order valence-corrected chi connectivity index (χ0v) is 19.1. The van der Waals surface area contributed by atoms with Crippen LogP contribution in [0, 0.1) is 12.8 Å². The lowest BCUT2D eigenvalue weighted by atomic mass is 9.96. The second-order valence-electron chi connectivity index (χ2n) is 8.82. The van der Waals surface area contributed by atoms with Crippen molar-refractivity contribution in [2.45, 2.75) is 32.7 Å². The van der Waals surface area contributed by atoms with Gasteiger partial charge in [0, 0.05) is 36.7 Å². The zero-order valence-electron chi connectivity index (χ0n) is 19.1. The van der Waals surface area contributed by atoms with Crippen molar-refractivity contribution in [3.8, 4) is 5.75 Å². The molecular formula is C26H34N4O2. The summed E-state index contributed by atoms with van der Waals surface area (Å²) in [6, 6.07) is 14.7. The van der Waals surface area contributed by atoms with E-state index in [1.54, 1.807) is 7.11 Å². The summed E-state index contributed by atoms with van der Waals surface area (Å²) >= 11 is 0. The van der Waals surface area contributed by atoms with Gasteiger partial charge in [0.1, 0.15) is 5.75 Å². The summed E-state index contributed by atoms with van der Waals surface area (Å²) in [5.41, 5.74) is 4.95. The van der Waals surface area contributed by atoms with Crippen LogP contribution >= 0.6 is 0 Å². The Hall–Kier alpha value is -2.99. The molecular weight excluding hydrogens is 400 g/mol. The molecule has 170 valence electrons. The van der Waals surface area contributed by atoms with Crippen LogP contribution in [0.15, 0.2) is 48.7 Å². The first-order valence-corrected chi connectivity index (χ1v) is 11.5. The van der Waals surface area contributed by atoms with Gasteiger partial charge in [0.05, 0.1) is 7.11 Å². The molecule has 4 rings (SSSR count). The van der Waals surface area contributed by atoms with Crippen molar-refractivity contribution in [2.24, 2.45) is 5.92 Å². The van der Waals surface area contributed by atoms with Gasteiger partial charge in [-0.25, -0.2) is 4.79 Å². The summed E-state index contributed by atoms with van der Waals surface area (Å²) < 4.78 is 5.23. The van der Waals surface area contributed by atoms with E-state index in [0.717, 1.165) is 56.7 Å². The average Bonchev–Trinajstić information content (AvgIpc) is 3.21. The number of nitrogens with zero attached hydrogens (tertiary/aromatic N) is 1. The smallest absolute Gasteiger partial charge is 0.314 e. The molecule has 6 heteroatoms. The number of rotatable bonds is 8. The fourth-order valence-electron chi connectivity index (χ4n) is 4.46. The molecule has 1 aromatic heterocycles. The minimum absolute atomic E-state index is 0.0682. The number of fused-ring (bicyclic) bond motifs is 1. The molecule has 2 amide bonds. The molecule has 6 nitrogen and oxygen atoms in total. The summed E-state index contributed by atoms with van der Waals surface area (Å²) in [5.74, 6) is 1.44. The highest BCUT2D eigenvalue weighted by molar-refractivity contribution is 5.83. The number of aromatic amines is 1. The molecule has 3 aromatic rings. The van der Waals surface area contributed by atoms with Crippen LogP contribution in [-0.2, 0) is 13.0 Å². The van der Waals surface area contributed by atoms with Gasteiger partial charge < -0.3 is 20.4 Å². The number of aromatic nitrogens is 1. The van der Waals surface area contributed by atoms with Gasteiger partial charge in [0.2, 0.25) is 0 Å².